The zero-order valence-electron chi connectivity index (χ0n) is 14.9. The van der Waals surface area contributed by atoms with Gasteiger partial charge in [0.2, 0.25) is 10.0 Å². The number of hydrogen-bond donors (Lipinski definition) is 1. The average Bonchev–Trinajstić information content (AvgIpc) is 2.63. The number of sulfonamides is 1. The summed E-state index contributed by atoms with van der Waals surface area (Å²) in [5.74, 6) is -0.118. The highest BCUT2D eigenvalue weighted by molar-refractivity contribution is 7.89. The van der Waals surface area contributed by atoms with Crippen LogP contribution in [0.15, 0.2) is 47.4 Å². The number of amides is 1. The normalized spacial score (nSPS) is 11.4. The zero-order chi connectivity index (χ0) is 20.0. The molecule has 0 saturated heterocycles. The molecule has 9 heteroatoms. The smallest absolute Gasteiger partial charge is 0.262 e. The van der Waals surface area contributed by atoms with E-state index in [-0.39, 0.29) is 22.2 Å². The molecule has 0 fully saturated rings. The molecule has 0 aliphatic heterocycles. The SMILES string of the molecule is CCN(CC)S(=O)(=O)c1ccc(Cl)c(NC(=O)COc2ccccc2Cl)c1. The minimum atomic E-state index is -3.66. The third-order valence-electron chi connectivity index (χ3n) is 3.75. The van der Waals surface area contributed by atoms with Gasteiger partial charge in [0.1, 0.15) is 5.75 Å². The Morgan fingerprint density at radius 2 is 1.74 bits per heavy atom. The van der Waals surface area contributed by atoms with Crippen LogP contribution in [0.3, 0.4) is 0 Å². The maximum Gasteiger partial charge on any atom is 0.262 e. The van der Waals surface area contributed by atoms with Gasteiger partial charge in [0, 0.05) is 13.1 Å². The van der Waals surface area contributed by atoms with Crippen LogP contribution in [0.5, 0.6) is 5.75 Å². The molecule has 146 valence electrons. The first-order valence-corrected chi connectivity index (χ1v) is 10.5. The maximum atomic E-state index is 12.6. The molecule has 0 heterocycles. The molecule has 0 saturated carbocycles. The van der Waals surface area contributed by atoms with Gasteiger partial charge in [-0.2, -0.15) is 4.31 Å². The standard InChI is InChI=1S/C18H20Cl2N2O4S/c1-3-22(4-2)27(24,25)13-9-10-14(19)16(11-13)21-18(23)12-26-17-8-6-5-7-15(17)20/h5-11H,3-4,12H2,1-2H3,(H,21,23). The number of carbonyl (C=O) groups excluding carboxylic acids is 1. The summed E-state index contributed by atoms with van der Waals surface area (Å²) in [6.07, 6.45) is 0. The summed E-state index contributed by atoms with van der Waals surface area (Å²) >= 11 is 12.1. The highest BCUT2D eigenvalue weighted by Crippen LogP contribution is 2.27. The molecule has 1 N–H and O–H groups in total. The highest BCUT2D eigenvalue weighted by Gasteiger charge is 2.22. The monoisotopic (exact) mass is 430 g/mol. The van der Waals surface area contributed by atoms with E-state index in [1.54, 1.807) is 38.1 Å². The van der Waals surface area contributed by atoms with Gasteiger partial charge in [-0.1, -0.05) is 49.2 Å². The number of ether oxygens (including phenoxy) is 1. The van der Waals surface area contributed by atoms with Crippen LogP contribution in [0.1, 0.15) is 13.8 Å². The van der Waals surface area contributed by atoms with Gasteiger partial charge < -0.3 is 10.1 Å². The molecule has 6 nitrogen and oxygen atoms in total. The Kier molecular flexibility index (Phi) is 7.49. The van der Waals surface area contributed by atoms with E-state index < -0.39 is 15.9 Å². The van der Waals surface area contributed by atoms with Gasteiger partial charge >= 0.3 is 0 Å². The Hall–Kier alpha value is -1.80. The summed E-state index contributed by atoms with van der Waals surface area (Å²) in [6.45, 7) is 3.90. The van der Waals surface area contributed by atoms with Crippen molar-refractivity contribution in [2.45, 2.75) is 18.7 Å². The zero-order valence-corrected chi connectivity index (χ0v) is 17.2. The van der Waals surface area contributed by atoms with E-state index >= 15 is 0 Å². The molecular weight excluding hydrogens is 411 g/mol. The summed E-state index contributed by atoms with van der Waals surface area (Å²) in [5, 5.41) is 3.17. The number of anilines is 1. The number of carbonyl (C=O) groups is 1. The molecule has 0 atom stereocenters. The van der Waals surface area contributed by atoms with Crippen LogP contribution in [-0.4, -0.2) is 38.3 Å². The fourth-order valence-corrected chi connectivity index (χ4v) is 4.20. The topological polar surface area (TPSA) is 75.7 Å². The maximum absolute atomic E-state index is 12.6. The third kappa shape index (κ3) is 5.35. The fourth-order valence-electron chi connectivity index (χ4n) is 2.36. The van der Waals surface area contributed by atoms with E-state index in [1.807, 2.05) is 0 Å². The lowest BCUT2D eigenvalue weighted by atomic mass is 10.3. The number of hydrogen-bond acceptors (Lipinski definition) is 4. The van der Waals surface area contributed by atoms with E-state index in [9.17, 15) is 13.2 Å². The first-order valence-electron chi connectivity index (χ1n) is 8.26. The van der Waals surface area contributed by atoms with Crippen LogP contribution in [0, 0.1) is 0 Å². The van der Waals surface area contributed by atoms with E-state index in [4.69, 9.17) is 27.9 Å². The summed E-state index contributed by atoms with van der Waals surface area (Å²) in [7, 11) is -3.66. The summed E-state index contributed by atoms with van der Waals surface area (Å²) in [6, 6.07) is 10.9. The second-order valence-corrected chi connectivity index (χ2v) is 8.25. The quantitative estimate of drug-likeness (QED) is 0.685. The van der Waals surface area contributed by atoms with Gasteiger partial charge in [-0.25, -0.2) is 8.42 Å². The molecule has 0 radical (unpaired) electrons. The number of rotatable bonds is 8. The predicted octanol–water partition coefficient (Wildman–Crippen LogP) is 4.04. The van der Waals surface area contributed by atoms with Crippen LogP contribution in [0.2, 0.25) is 10.0 Å². The Morgan fingerprint density at radius 3 is 2.37 bits per heavy atom. The first-order chi connectivity index (χ1) is 12.8. The molecule has 0 aliphatic rings. The molecule has 0 aromatic heterocycles. The summed E-state index contributed by atoms with van der Waals surface area (Å²) in [5.41, 5.74) is 0.192. The Bertz CT molecular complexity index is 915. The molecule has 1 amide bonds. The van der Waals surface area contributed by atoms with Crippen LogP contribution < -0.4 is 10.1 Å². The van der Waals surface area contributed by atoms with Crippen molar-refractivity contribution in [2.24, 2.45) is 0 Å². The molecular formula is C18H20Cl2N2O4S. The number of nitrogens with one attached hydrogen (secondary N) is 1. The Morgan fingerprint density at radius 1 is 1.07 bits per heavy atom. The third-order valence-corrected chi connectivity index (χ3v) is 6.44. The summed E-state index contributed by atoms with van der Waals surface area (Å²) in [4.78, 5) is 12.2. The van der Waals surface area contributed by atoms with Gasteiger partial charge in [-0.3, -0.25) is 4.79 Å². The molecule has 0 aliphatic carbocycles. The largest absolute Gasteiger partial charge is 0.482 e. The fraction of sp³-hybridized carbons (Fsp3) is 0.278. The lowest BCUT2D eigenvalue weighted by Crippen LogP contribution is -2.30. The van der Waals surface area contributed by atoms with Gasteiger partial charge in [-0.05, 0) is 30.3 Å². The minimum Gasteiger partial charge on any atom is -0.482 e. The van der Waals surface area contributed by atoms with E-state index in [1.165, 1.54) is 22.5 Å². The highest BCUT2D eigenvalue weighted by atomic mass is 35.5. The van der Waals surface area contributed by atoms with Crippen molar-refractivity contribution in [1.82, 2.24) is 4.31 Å². The predicted molar refractivity (Wildman–Crippen MR) is 107 cm³/mol. The van der Waals surface area contributed by atoms with Crippen LogP contribution in [0.4, 0.5) is 5.69 Å². The second kappa shape index (κ2) is 9.41. The number of halogens is 2. The van der Waals surface area contributed by atoms with Crippen LogP contribution in [0.25, 0.3) is 0 Å². The number of benzene rings is 2. The van der Waals surface area contributed by atoms with Gasteiger partial charge in [0.05, 0.1) is 20.6 Å². The van der Waals surface area contributed by atoms with E-state index in [0.29, 0.717) is 23.9 Å². The molecule has 2 rings (SSSR count). The first kappa shape index (κ1) is 21.5. The van der Waals surface area contributed by atoms with Crippen molar-refractivity contribution in [2.75, 3.05) is 25.0 Å². The minimum absolute atomic E-state index is 0.0536. The average molecular weight is 431 g/mol. The van der Waals surface area contributed by atoms with Gasteiger partial charge in [-0.15, -0.1) is 0 Å². The molecule has 0 unspecified atom stereocenters. The molecule has 0 bridgehead atoms. The lowest BCUT2D eigenvalue weighted by molar-refractivity contribution is -0.118. The lowest BCUT2D eigenvalue weighted by Gasteiger charge is -2.19. The molecule has 27 heavy (non-hydrogen) atoms. The summed E-state index contributed by atoms with van der Waals surface area (Å²) < 4.78 is 31.9. The van der Waals surface area contributed by atoms with Crippen molar-refractivity contribution in [3.05, 3.63) is 52.5 Å². The van der Waals surface area contributed by atoms with Crippen molar-refractivity contribution in [3.63, 3.8) is 0 Å². The molecule has 0 spiro atoms. The Balaban J connectivity index is 2.14. The second-order valence-electron chi connectivity index (χ2n) is 5.50. The van der Waals surface area contributed by atoms with Crippen molar-refractivity contribution in [3.8, 4) is 5.75 Å². The molecule has 2 aromatic carbocycles. The van der Waals surface area contributed by atoms with E-state index in [2.05, 4.69) is 5.32 Å². The van der Waals surface area contributed by atoms with Crippen molar-refractivity contribution >= 4 is 44.8 Å². The van der Waals surface area contributed by atoms with Crippen molar-refractivity contribution in [1.29, 1.82) is 0 Å². The van der Waals surface area contributed by atoms with Gasteiger partial charge in [0.25, 0.3) is 5.91 Å². The number of para-hydroxylation sites is 1. The number of nitrogens with zero attached hydrogens (tertiary/aromatic N) is 1. The van der Waals surface area contributed by atoms with Crippen LogP contribution in [-0.2, 0) is 14.8 Å². The van der Waals surface area contributed by atoms with Gasteiger partial charge in [0.15, 0.2) is 6.61 Å². The molecule has 2 aromatic rings. The Labute approximate surface area is 169 Å². The van der Waals surface area contributed by atoms with E-state index in [0.717, 1.165) is 0 Å². The van der Waals surface area contributed by atoms with Crippen molar-refractivity contribution < 1.29 is 17.9 Å². The van der Waals surface area contributed by atoms with Crippen LogP contribution >= 0.6 is 23.2 Å².